The van der Waals surface area contributed by atoms with E-state index in [2.05, 4.69) is 15.1 Å². The first-order chi connectivity index (χ1) is 8.91. The third-order valence-electron chi connectivity index (χ3n) is 2.49. The first kappa shape index (κ1) is 12.6. The van der Waals surface area contributed by atoms with Gasteiger partial charge in [0.2, 0.25) is 0 Å². The topological polar surface area (TPSA) is 124 Å². The summed E-state index contributed by atoms with van der Waals surface area (Å²) in [7, 11) is 0. The summed E-state index contributed by atoms with van der Waals surface area (Å²) in [5.74, 6) is -1.11. The Balaban J connectivity index is 2.60. The van der Waals surface area contributed by atoms with Gasteiger partial charge in [0.05, 0.1) is 17.3 Å². The van der Waals surface area contributed by atoms with Gasteiger partial charge in [-0.25, -0.2) is 14.5 Å². The highest BCUT2D eigenvalue weighted by Crippen LogP contribution is 2.23. The van der Waals surface area contributed by atoms with Crippen molar-refractivity contribution in [2.75, 3.05) is 0 Å². The number of aromatic nitrogens is 4. The summed E-state index contributed by atoms with van der Waals surface area (Å²) in [6.45, 7) is 3.00. The van der Waals surface area contributed by atoms with Crippen LogP contribution in [0.3, 0.4) is 0 Å². The molecule has 0 amide bonds. The zero-order chi connectivity index (χ0) is 14.2. The normalized spacial score (nSPS) is 10.4. The third-order valence-corrected chi connectivity index (χ3v) is 2.49. The molecule has 0 atom stereocenters. The molecule has 1 N–H and O–H groups in total. The molecule has 0 fully saturated rings. The number of hydrogen-bond donors (Lipinski definition) is 1. The quantitative estimate of drug-likeness (QED) is 0.643. The number of aromatic carboxylic acids is 1. The second-order valence-corrected chi connectivity index (χ2v) is 3.76. The molecule has 2 heterocycles. The van der Waals surface area contributed by atoms with E-state index in [0.29, 0.717) is 0 Å². The van der Waals surface area contributed by atoms with E-state index >= 15 is 0 Å². The Hall–Kier alpha value is -2.84. The Morgan fingerprint density at radius 1 is 1.42 bits per heavy atom. The molecule has 2 rings (SSSR count). The second kappa shape index (κ2) is 4.44. The molecule has 0 aliphatic carbocycles. The van der Waals surface area contributed by atoms with Gasteiger partial charge >= 0.3 is 11.7 Å². The monoisotopic (exact) mass is 263 g/mol. The van der Waals surface area contributed by atoms with Crippen LogP contribution in [0.2, 0.25) is 0 Å². The van der Waals surface area contributed by atoms with Crippen molar-refractivity contribution in [1.29, 1.82) is 0 Å². The average molecular weight is 263 g/mol. The smallest absolute Gasteiger partial charge is 0.356 e. The molecule has 0 saturated carbocycles. The van der Waals surface area contributed by atoms with Crippen molar-refractivity contribution in [3.63, 3.8) is 0 Å². The van der Waals surface area contributed by atoms with Crippen LogP contribution in [-0.2, 0) is 0 Å². The fourth-order valence-electron chi connectivity index (χ4n) is 1.68. The molecule has 0 aromatic carbocycles. The van der Waals surface area contributed by atoms with Crippen LogP contribution in [0.15, 0.2) is 12.4 Å². The lowest BCUT2D eigenvalue weighted by Crippen LogP contribution is -2.08. The minimum atomic E-state index is -1.23. The summed E-state index contributed by atoms with van der Waals surface area (Å²) in [6.07, 6.45) is 2.38. The minimum Gasteiger partial charge on any atom is -0.476 e. The Kier molecular flexibility index (Phi) is 2.95. The SMILES string of the molecule is Cc1nn(-c2cncc(C(=O)O)n2)c(C)c1[N+](=O)[O-]. The first-order valence-electron chi connectivity index (χ1n) is 5.18. The van der Waals surface area contributed by atoms with Crippen molar-refractivity contribution in [2.45, 2.75) is 13.8 Å². The van der Waals surface area contributed by atoms with E-state index in [4.69, 9.17) is 5.11 Å². The maximum absolute atomic E-state index is 10.9. The van der Waals surface area contributed by atoms with Crippen molar-refractivity contribution in [3.05, 3.63) is 39.6 Å². The maximum Gasteiger partial charge on any atom is 0.356 e. The molecule has 0 aliphatic rings. The molecule has 2 aromatic rings. The van der Waals surface area contributed by atoms with Gasteiger partial charge in [-0.3, -0.25) is 15.1 Å². The van der Waals surface area contributed by atoms with E-state index in [0.717, 1.165) is 6.20 Å². The Morgan fingerprint density at radius 2 is 2.11 bits per heavy atom. The molecule has 9 heteroatoms. The van der Waals surface area contributed by atoms with E-state index in [1.54, 1.807) is 0 Å². The minimum absolute atomic E-state index is 0.119. The summed E-state index contributed by atoms with van der Waals surface area (Å²) in [4.78, 5) is 28.7. The zero-order valence-electron chi connectivity index (χ0n) is 10.1. The molecule has 0 spiro atoms. The van der Waals surface area contributed by atoms with Crippen LogP contribution < -0.4 is 0 Å². The van der Waals surface area contributed by atoms with Crippen molar-refractivity contribution >= 4 is 11.7 Å². The fourth-order valence-corrected chi connectivity index (χ4v) is 1.68. The predicted octanol–water partition coefficient (Wildman–Crippen LogP) is 0.886. The van der Waals surface area contributed by atoms with Gasteiger partial charge in [-0.2, -0.15) is 5.10 Å². The Bertz CT molecular complexity index is 679. The molecule has 0 bridgehead atoms. The van der Waals surface area contributed by atoms with Gasteiger partial charge in [0.25, 0.3) is 0 Å². The molecule has 0 radical (unpaired) electrons. The molecule has 98 valence electrons. The van der Waals surface area contributed by atoms with Gasteiger partial charge in [0, 0.05) is 0 Å². The van der Waals surface area contributed by atoms with E-state index in [9.17, 15) is 14.9 Å². The number of nitrogens with zero attached hydrogens (tertiary/aromatic N) is 5. The lowest BCUT2D eigenvalue weighted by molar-refractivity contribution is -0.386. The van der Waals surface area contributed by atoms with Crippen LogP contribution in [0.25, 0.3) is 5.82 Å². The molecule has 0 unspecified atom stereocenters. The highest BCUT2D eigenvalue weighted by molar-refractivity contribution is 5.85. The molecule has 9 nitrogen and oxygen atoms in total. The van der Waals surface area contributed by atoms with E-state index < -0.39 is 10.9 Å². The van der Waals surface area contributed by atoms with Crippen LogP contribution in [0.4, 0.5) is 5.69 Å². The molecule has 0 aliphatic heterocycles. The number of aryl methyl sites for hydroxylation is 1. The highest BCUT2D eigenvalue weighted by atomic mass is 16.6. The largest absolute Gasteiger partial charge is 0.476 e. The van der Waals surface area contributed by atoms with Gasteiger partial charge in [-0.1, -0.05) is 0 Å². The Labute approximate surface area is 106 Å². The number of hydrogen-bond acceptors (Lipinski definition) is 6. The number of carbonyl (C=O) groups is 1. The summed E-state index contributed by atoms with van der Waals surface area (Å²) in [5.41, 5.74) is 0.111. The maximum atomic E-state index is 10.9. The van der Waals surface area contributed by atoms with Crippen LogP contribution in [0, 0.1) is 24.0 Å². The first-order valence-corrected chi connectivity index (χ1v) is 5.18. The van der Waals surface area contributed by atoms with Gasteiger partial charge < -0.3 is 5.11 Å². The zero-order valence-corrected chi connectivity index (χ0v) is 10.1. The Morgan fingerprint density at radius 3 is 2.63 bits per heavy atom. The standard InChI is InChI=1S/C10H9N5O4/c1-5-9(15(18)19)6(2)14(13-5)8-4-11-3-7(12-8)10(16)17/h3-4H,1-2H3,(H,16,17). The number of carboxylic acid groups (broad SMARTS) is 1. The average Bonchev–Trinajstić information content (AvgIpc) is 2.65. The van der Waals surface area contributed by atoms with Crippen LogP contribution in [0.1, 0.15) is 21.9 Å². The number of rotatable bonds is 3. The van der Waals surface area contributed by atoms with Crippen molar-refractivity contribution in [2.24, 2.45) is 0 Å². The lowest BCUT2D eigenvalue weighted by atomic mass is 10.3. The summed E-state index contributed by atoms with van der Waals surface area (Å²) in [6, 6.07) is 0. The van der Waals surface area contributed by atoms with Gasteiger partial charge in [0.1, 0.15) is 11.4 Å². The van der Waals surface area contributed by atoms with Gasteiger partial charge in [-0.05, 0) is 13.8 Å². The van der Waals surface area contributed by atoms with E-state index in [1.807, 2.05) is 0 Å². The van der Waals surface area contributed by atoms with Gasteiger partial charge in [0.15, 0.2) is 11.5 Å². The van der Waals surface area contributed by atoms with Crippen molar-refractivity contribution in [3.8, 4) is 5.82 Å². The molecule has 2 aromatic heterocycles. The lowest BCUT2D eigenvalue weighted by Gasteiger charge is -2.02. The second-order valence-electron chi connectivity index (χ2n) is 3.76. The van der Waals surface area contributed by atoms with Crippen LogP contribution in [0.5, 0.6) is 0 Å². The molecule has 19 heavy (non-hydrogen) atoms. The van der Waals surface area contributed by atoms with Crippen LogP contribution in [-0.4, -0.2) is 35.7 Å². The number of nitro groups is 1. The van der Waals surface area contributed by atoms with Gasteiger partial charge in [-0.15, -0.1) is 0 Å². The van der Waals surface area contributed by atoms with Crippen molar-refractivity contribution < 1.29 is 14.8 Å². The van der Waals surface area contributed by atoms with E-state index in [-0.39, 0.29) is 28.6 Å². The molecular formula is C10H9N5O4. The highest BCUT2D eigenvalue weighted by Gasteiger charge is 2.23. The van der Waals surface area contributed by atoms with Crippen LogP contribution >= 0.6 is 0 Å². The summed E-state index contributed by atoms with van der Waals surface area (Å²) < 4.78 is 1.20. The third kappa shape index (κ3) is 2.12. The molecule has 0 saturated heterocycles. The summed E-state index contributed by atoms with van der Waals surface area (Å²) in [5, 5.41) is 23.7. The summed E-state index contributed by atoms with van der Waals surface area (Å²) >= 11 is 0. The fraction of sp³-hybridized carbons (Fsp3) is 0.200. The predicted molar refractivity (Wildman–Crippen MR) is 62.2 cm³/mol. The number of carboxylic acids is 1. The molecular weight excluding hydrogens is 254 g/mol. The van der Waals surface area contributed by atoms with Crippen molar-refractivity contribution in [1.82, 2.24) is 19.7 Å². The van der Waals surface area contributed by atoms with E-state index in [1.165, 1.54) is 24.7 Å².